The Kier molecular flexibility index (Phi) is 3.72. The van der Waals surface area contributed by atoms with Crippen molar-refractivity contribution in [2.45, 2.75) is 26.8 Å². The number of anilines is 2. The molecule has 1 rings (SSSR count). The minimum atomic E-state index is 0.401. The Balaban J connectivity index is 3.05. The number of hydrogen-bond acceptors (Lipinski definition) is 3. The molecule has 0 aliphatic heterocycles. The van der Waals surface area contributed by atoms with Crippen molar-refractivity contribution in [2.75, 3.05) is 17.2 Å². The second kappa shape index (κ2) is 4.82. The molecule has 0 aromatic carbocycles. The summed E-state index contributed by atoms with van der Waals surface area (Å²) in [5, 5.41) is 0. The molecular weight excluding hydrogens is 186 g/mol. The molecule has 3 heteroatoms. The third-order valence-corrected chi connectivity index (χ3v) is 2.29. The standard InChI is InChI=1S/C12H19N3/c1-5-6-15(9(2)3)12-10(4)7-11(13)8-14-12/h5,7-9H,1,6,13H2,2-4H3. The lowest BCUT2D eigenvalue weighted by Gasteiger charge is -2.27. The number of aryl methyl sites for hydroxylation is 1. The molecule has 2 N–H and O–H groups in total. The molecule has 82 valence electrons. The number of hydrogen-bond donors (Lipinski definition) is 1. The second-order valence-corrected chi connectivity index (χ2v) is 3.94. The van der Waals surface area contributed by atoms with Gasteiger partial charge in [-0.25, -0.2) is 4.98 Å². The van der Waals surface area contributed by atoms with Crippen molar-refractivity contribution in [3.63, 3.8) is 0 Å². The summed E-state index contributed by atoms with van der Waals surface area (Å²) in [5.41, 5.74) is 7.49. The largest absolute Gasteiger partial charge is 0.397 e. The summed E-state index contributed by atoms with van der Waals surface area (Å²) >= 11 is 0. The maximum Gasteiger partial charge on any atom is 0.132 e. The zero-order chi connectivity index (χ0) is 11.4. The molecule has 0 saturated heterocycles. The van der Waals surface area contributed by atoms with Crippen LogP contribution in [0.25, 0.3) is 0 Å². The number of pyridine rings is 1. The third-order valence-electron chi connectivity index (χ3n) is 2.29. The Morgan fingerprint density at radius 1 is 1.60 bits per heavy atom. The predicted octanol–water partition coefficient (Wildman–Crippen LogP) is 2.37. The topological polar surface area (TPSA) is 42.2 Å². The van der Waals surface area contributed by atoms with Crippen molar-refractivity contribution in [1.29, 1.82) is 0 Å². The van der Waals surface area contributed by atoms with E-state index < -0.39 is 0 Å². The highest BCUT2D eigenvalue weighted by Crippen LogP contribution is 2.20. The van der Waals surface area contributed by atoms with Gasteiger partial charge in [0.1, 0.15) is 5.82 Å². The van der Waals surface area contributed by atoms with Crippen molar-refractivity contribution in [1.82, 2.24) is 4.98 Å². The van der Waals surface area contributed by atoms with Crippen LogP contribution in [0.15, 0.2) is 24.9 Å². The van der Waals surface area contributed by atoms with Crippen molar-refractivity contribution >= 4 is 11.5 Å². The van der Waals surface area contributed by atoms with Crippen LogP contribution in [0.5, 0.6) is 0 Å². The quantitative estimate of drug-likeness (QED) is 0.767. The number of rotatable bonds is 4. The zero-order valence-electron chi connectivity index (χ0n) is 9.70. The lowest BCUT2D eigenvalue weighted by molar-refractivity contribution is 0.710. The fraction of sp³-hybridized carbons (Fsp3) is 0.417. The molecule has 0 atom stereocenters. The van der Waals surface area contributed by atoms with Gasteiger partial charge in [0, 0.05) is 12.6 Å². The van der Waals surface area contributed by atoms with Gasteiger partial charge in [-0.2, -0.15) is 0 Å². The van der Waals surface area contributed by atoms with E-state index in [0.717, 1.165) is 17.9 Å². The van der Waals surface area contributed by atoms with Crippen LogP contribution in [-0.2, 0) is 0 Å². The minimum absolute atomic E-state index is 0.401. The highest BCUT2D eigenvalue weighted by Gasteiger charge is 2.12. The van der Waals surface area contributed by atoms with Gasteiger partial charge < -0.3 is 10.6 Å². The van der Waals surface area contributed by atoms with Gasteiger partial charge in [0.2, 0.25) is 0 Å². The first kappa shape index (κ1) is 11.6. The smallest absolute Gasteiger partial charge is 0.132 e. The van der Waals surface area contributed by atoms with Crippen LogP contribution < -0.4 is 10.6 Å². The highest BCUT2D eigenvalue weighted by atomic mass is 15.2. The van der Waals surface area contributed by atoms with Crippen molar-refractivity contribution in [3.05, 3.63) is 30.5 Å². The summed E-state index contributed by atoms with van der Waals surface area (Å²) in [6, 6.07) is 2.35. The van der Waals surface area contributed by atoms with Gasteiger partial charge in [0.15, 0.2) is 0 Å². The molecule has 0 bridgehead atoms. The molecule has 0 radical (unpaired) electrons. The molecule has 3 nitrogen and oxygen atoms in total. The van der Waals surface area contributed by atoms with E-state index in [-0.39, 0.29) is 0 Å². The number of nitrogens with zero attached hydrogens (tertiary/aromatic N) is 2. The number of aromatic nitrogens is 1. The molecule has 0 aliphatic rings. The minimum Gasteiger partial charge on any atom is -0.397 e. The summed E-state index contributed by atoms with van der Waals surface area (Å²) < 4.78 is 0. The fourth-order valence-corrected chi connectivity index (χ4v) is 1.57. The molecule has 0 saturated carbocycles. The summed E-state index contributed by atoms with van der Waals surface area (Å²) in [4.78, 5) is 6.57. The number of nitrogens with two attached hydrogens (primary N) is 1. The highest BCUT2D eigenvalue weighted by molar-refractivity contribution is 5.53. The van der Waals surface area contributed by atoms with E-state index in [9.17, 15) is 0 Å². The van der Waals surface area contributed by atoms with E-state index in [0.29, 0.717) is 11.7 Å². The van der Waals surface area contributed by atoms with Gasteiger partial charge in [-0.15, -0.1) is 6.58 Å². The number of nitrogen functional groups attached to an aromatic ring is 1. The first-order valence-electron chi connectivity index (χ1n) is 5.16. The van der Waals surface area contributed by atoms with E-state index in [2.05, 4.69) is 30.3 Å². The maximum absolute atomic E-state index is 5.68. The monoisotopic (exact) mass is 205 g/mol. The average molecular weight is 205 g/mol. The van der Waals surface area contributed by atoms with E-state index in [1.54, 1.807) is 6.20 Å². The van der Waals surface area contributed by atoms with Gasteiger partial charge in [-0.05, 0) is 32.4 Å². The van der Waals surface area contributed by atoms with E-state index in [4.69, 9.17) is 5.73 Å². The van der Waals surface area contributed by atoms with Crippen molar-refractivity contribution in [3.8, 4) is 0 Å². The molecule has 1 heterocycles. The van der Waals surface area contributed by atoms with Crippen molar-refractivity contribution in [2.24, 2.45) is 0 Å². The summed E-state index contributed by atoms with van der Waals surface area (Å²) in [7, 11) is 0. The summed E-state index contributed by atoms with van der Waals surface area (Å²) in [6.07, 6.45) is 3.58. The Morgan fingerprint density at radius 2 is 2.27 bits per heavy atom. The van der Waals surface area contributed by atoms with Crippen molar-refractivity contribution < 1.29 is 0 Å². The van der Waals surface area contributed by atoms with Crippen LogP contribution in [-0.4, -0.2) is 17.6 Å². The molecule has 15 heavy (non-hydrogen) atoms. The van der Waals surface area contributed by atoms with Crippen LogP contribution >= 0.6 is 0 Å². The normalized spacial score (nSPS) is 10.4. The van der Waals surface area contributed by atoms with E-state index >= 15 is 0 Å². The average Bonchev–Trinajstić information content (AvgIpc) is 2.15. The van der Waals surface area contributed by atoms with Gasteiger partial charge in [0.25, 0.3) is 0 Å². The van der Waals surface area contributed by atoms with Crippen LogP contribution in [0.1, 0.15) is 19.4 Å². The van der Waals surface area contributed by atoms with E-state index in [1.165, 1.54) is 0 Å². The maximum atomic E-state index is 5.68. The second-order valence-electron chi connectivity index (χ2n) is 3.94. The zero-order valence-corrected chi connectivity index (χ0v) is 9.70. The van der Waals surface area contributed by atoms with Gasteiger partial charge >= 0.3 is 0 Å². The molecular formula is C12H19N3. The predicted molar refractivity (Wildman–Crippen MR) is 66.1 cm³/mol. The molecule has 1 aromatic rings. The van der Waals surface area contributed by atoms with Crippen LogP contribution in [0.3, 0.4) is 0 Å². The molecule has 0 unspecified atom stereocenters. The molecule has 1 aromatic heterocycles. The first-order valence-corrected chi connectivity index (χ1v) is 5.16. The van der Waals surface area contributed by atoms with E-state index in [1.807, 2.05) is 19.1 Å². The SMILES string of the molecule is C=CCN(c1ncc(N)cc1C)C(C)C. The van der Waals surface area contributed by atoms with Gasteiger partial charge in [0.05, 0.1) is 11.9 Å². The van der Waals surface area contributed by atoms with Crippen LogP contribution in [0.2, 0.25) is 0 Å². The van der Waals surface area contributed by atoms with Gasteiger partial charge in [-0.1, -0.05) is 6.08 Å². The lowest BCUT2D eigenvalue weighted by atomic mass is 10.2. The van der Waals surface area contributed by atoms with Crippen LogP contribution in [0, 0.1) is 6.92 Å². The lowest BCUT2D eigenvalue weighted by Crippen LogP contribution is -2.32. The molecule has 0 fully saturated rings. The Bertz CT molecular complexity index is 345. The van der Waals surface area contributed by atoms with Gasteiger partial charge in [-0.3, -0.25) is 0 Å². The summed E-state index contributed by atoms with van der Waals surface area (Å²) in [5.74, 6) is 0.985. The first-order chi connectivity index (χ1) is 7.06. The Morgan fingerprint density at radius 3 is 2.73 bits per heavy atom. The van der Waals surface area contributed by atoms with Crippen LogP contribution in [0.4, 0.5) is 11.5 Å². The Hall–Kier alpha value is -1.51. The molecule has 0 spiro atoms. The third kappa shape index (κ3) is 2.72. The molecule has 0 aliphatic carbocycles. The fourth-order valence-electron chi connectivity index (χ4n) is 1.57. The Labute approximate surface area is 91.6 Å². The summed E-state index contributed by atoms with van der Waals surface area (Å²) in [6.45, 7) is 10.9. The molecule has 0 amide bonds.